The van der Waals surface area contributed by atoms with Crippen molar-refractivity contribution >= 4 is 28.7 Å². The highest BCUT2D eigenvalue weighted by Crippen LogP contribution is 2.41. The number of benzene rings is 1. The Hall–Kier alpha value is -3.42. The van der Waals surface area contributed by atoms with Crippen molar-refractivity contribution in [2.24, 2.45) is 0 Å². The van der Waals surface area contributed by atoms with Gasteiger partial charge in [0.1, 0.15) is 5.52 Å². The summed E-state index contributed by atoms with van der Waals surface area (Å²) in [5.41, 5.74) is 2.91. The van der Waals surface area contributed by atoms with E-state index in [1.165, 1.54) is 0 Å². The van der Waals surface area contributed by atoms with E-state index in [4.69, 9.17) is 4.42 Å². The molecule has 148 valence electrons. The van der Waals surface area contributed by atoms with E-state index in [1.807, 2.05) is 17.0 Å². The van der Waals surface area contributed by atoms with Gasteiger partial charge in [0, 0.05) is 37.5 Å². The van der Waals surface area contributed by atoms with Gasteiger partial charge in [0.2, 0.25) is 5.91 Å². The number of nitrogens with one attached hydrogen (secondary N) is 2. The number of oxazole rings is 1. The summed E-state index contributed by atoms with van der Waals surface area (Å²) >= 11 is 0. The minimum Gasteiger partial charge on any atom is -0.441 e. The van der Waals surface area contributed by atoms with Crippen molar-refractivity contribution in [3.05, 3.63) is 54.2 Å². The SMILES string of the molecule is Cc1nc2cc(NC(=O)N[C@@H]3CC(=O)N(C4CC4)[C@H]3c3cccnc3)ccc2o1. The van der Waals surface area contributed by atoms with Crippen LogP contribution in [0.5, 0.6) is 0 Å². The Labute approximate surface area is 167 Å². The zero-order valence-corrected chi connectivity index (χ0v) is 16.0. The zero-order valence-electron chi connectivity index (χ0n) is 16.0. The summed E-state index contributed by atoms with van der Waals surface area (Å²) in [5.74, 6) is 0.650. The molecule has 0 unspecified atom stereocenters. The van der Waals surface area contributed by atoms with Crippen LogP contribution >= 0.6 is 0 Å². The number of pyridine rings is 1. The van der Waals surface area contributed by atoms with E-state index in [0.29, 0.717) is 22.7 Å². The van der Waals surface area contributed by atoms with Gasteiger partial charge in [-0.25, -0.2) is 9.78 Å². The summed E-state index contributed by atoms with van der Waals surface area (Å²) in [5, 5.41) is 5.83. The van der Waals surface area contributed by atoms with Crippen LogP contribution in [-0.4, -0.2) is 38.9 Å². The standard InChI is InChI=1S/C21H21N5O3/c1-12-23-16-9-14(4-7-18(16)29-12)24-21(28)25-17-10-19(27)26(15-5-6-15)20(17)13-3-2-8-22-11-13/h2-4,7-9,11,15,17,20H,5-6,10H2,1H3,(H2,24,25,28)/t17-,20+/m1/s1. The Bertz CT molecular complexity index is 1080. The number of carbonyl (C=O) groups excluding carboxylic acids is 2. The van der Waals surface area contributed by atoms with Gasteiger partial charge in [0.25, 0.3) is 0 Å². The second-order valence-electron chi connectivity index (χ2n) is 7.59. The van der Waals surface area contributed by atoms with E-state index < -0.39 is 0 Å². The molecule has 0 radical (unpaired) electrons. The number of anilines is 1. The molecule has 3 heterocycles. The number of aryl methyl sites for hydroxylation is 1. The van der Waals surface area contributed by atoms with Crippen LogP contribution in [0.15, 0.2) is 47.1 Å². The normalized spacial score (nSPS) is 21.6. The molecule has 3 aromatic rings. The maximum Gasteiger partial charge on any atom is 0.319 e. The molecule has 2 fully saturated rings. The fourth-order valence-electron chi connectivity index (χ4n) is 4.07. The second-order valence-corrected chi connectivity index (χ2v) is 7.59. The van der Waals surface area contributed by atoms with Crippen molar-refractivity contribution in [1.29, 1.82) is 0 Å². The molecule has 5 rings (SSSR count). The average molecular weight is 391 g/mol. The van der Waals surface area contributed by atoms with E-state index in [9.17, 15) is 9.59 Å². The lowest BCUT2D eigenvalue weighted by Gasteiger charge is -2.28. The molecule has 0 bridgehead atoms. The third kappa shape index (κ3) is 3.41. The van der Waals surface area contributed by atoms with Crippen molar-refractivity contribution in [3.63, 3.8) is 0 Å². The predicted molar refractivity (Wildman–Crippen MR) is 106 cm³/mol. The highest BCUT2D eigenvalue weighted by atomic mass is 16.3. The first-order valence-corrected chi connectivity index (χ1v) is 9.74. The molecule has 2 atom stereocenters. The summed E-state index contributed by atoms with van der Waals surface area (Å²) in [7, 11) is 0. The van der Waals surface area contributed by atoms with E-state index in [0.717, 1.165) is 18.4 Å². The molecule has 2 aliphatic rings. The topological polar surface area (TPSA) is 100 Å². The Balaban J connectivity index is 1.34. The van der Waals surface area contributed by atoms with Crippen LogP contribution in [0.2, 0.25) is 0 Å². The zero-order chi connectivity index (χ0) is 20.0. The molecule has 3 amide bonds. The number of hydrogen-bond acceptors (Lipinski definition) is 5. The van der Waals surface area contributed by atoms with Crippen LogP contribution in [-0.2, 0) is 4.79 Å². The van der Waals surface area contributed by atoms with Crippen LogP contribution in [0.3, 0.4) is 0 Å². The lowest BCUT2D eigenvalue weighted by atomic mass is 10.0. The van der Waals surface area contributed by atoms with Gasteiger partial charge < -0.3 is 20.0 Å². The molecule has 1 saturated heterocycles. The fourth-order valence-corrected chi connectivity index (χ4v) is 4.07. The average Bonchev–Trinajstić information content (AvgIpc) is 3.38. The largest absolute Gasteiger partial charge is 0.441 e. The number of hydrogen-bond donors (Lipinski definition) is 2. The minimum atomic E-state index is -0.353. The molecule has 1 saturated carbocycles. The molecule has 29 heavy (non-hydrogen) atoms. The van der Waals surface area contributed by atoms with Gasteiger partial charge in [-0.15, -0.1) is 0 Å². The van der Waals surface area contributed by atoms with Gasteiger partial charge in [0.05, 0.1) is 12.1 Å². The van der Waals surface area contributed by atoms with Gasteiger partial charge in [-0.1, -0.05) is 6.07 Å². The Morgan fingerprint density at radius 1 is 1.28 bits per heavy atom. The summed E-state index contributed by atoms with van der Waals surface area (Å²) in [4.78, 5) is 35.7. The molecule has 1 aliphatic heterocycles. The quantitative estimate of drug-likeness (QED) is 0.712. The van der Waals surface area contributed by atoms with Crippen molar-refractivity contribution in [3.8, 4) is 0 Å². The molecular formula is C21H21N5O3. The predicted octanol–water partition coefficient (Wildman–Crippen LogP) is 3.16. The first-order valence-electron chi connectivity index (χ1n) is 9.74. The molecule has 2 N–H and O–H groups in total. The summed E-state index contributed by atoms with van der Waals surface area (Å²) in [6, 6.07) is 8.52. The summed E-state index contributed by atoms with van der Waals surface area (Å²) in [6.45, 7) is 1.78. The smallest absolute Gasteiger partial charge is 0.319 e. The number of amides is 3. The number of nitrogens with zero attached hydrogens (tertiary/aromatic N) is 3. The van der Waals surface area contributed by atoms with E-state index in [-0.39, 0.29) is 36.5 Å². The summed E-state index contributed by atoms with van der Waals surface area (Å²) < 4.78 is 5.46. The Morgan fingerprint density at radius 3 is 2.90 bits per heavy atom. The first kappa shape index (κ1) is 17.7. The van der Waals surface area contributed by atoms with Crippen LogP contribution in [0.4, 0.5) is 10.5 Å². The van der Waals surface area contributed by atoms with Gasteiger partial charge >= 0.3 is 6.03 Å². The third-order valence-electron chi connectivity index (χ3n) is 5.40. The van der Waals surface area contributed by atoms with Gasteiger partial charge in [-0.2, -0.15) is 0 Å². The van der Waals surface area contributed by atoms with E-state index in [2.05, 4.69) is 20.6 Å². The van der Waals surface area contributed by atoms with Crippen molar-refractivity contribution < 1.29 is 14.0 Å². The molecule has 8 nitrogen and oxygen atoms in total. The van der Waals surface area contributed by atoms with Gasteiger partial charge in [-0.05, 0) is 42.7 Å². The van der Waals surface area contributed by atoms with E-state index in [1.54, 1.807) is 37.5 Å². The Morgan fingerprint density at radius 2 is 2.14 bits per heavy atom. The highest BCUT2D eigenvalue weighted by molar-refractivity contribution is 5.92. The highest BCUT2D eigenvalue weighted by Gasteiger charge is 2.47. The van der Waals surface area contributed by atoms with Crippen molar-refractivity contribution in [2.75, 3.05) is 5.32 Å². The lowest BCUT2D eigenvalue weighted by Crippen LogP contribution is -2.42. The molecule has 1 aromatic carbocycles. The number of aromatic nitrogens is 2. The van der Waals surface area contributed by atoms with Crippen LogP contribution in [0.1, 0.15) is 36.8 Å². The number of likely N-dealkylation sites (tertiary alicyclic amines) is 1. The van der Waals surface area contributed by atoms with Gasteiger partial charge in [-0.3, -0.25) is 9.78 Å². The van der Waals surface area contributed by atoms with Crippen molar-refractivity contribution in [2.45, 2.75) is 44.3 Å². The molecule has 0 spiro atoms. The molecule has 1 aliphatic carbocycles. The maximum atomic E-state index is 12.7. The lowest BCUT2D eigenvalue weighted by molar-refractivity contribution is -0.129. The number of urea groups is 1. The number of carbonyl (C=O) groups is 2. The second kappa shape index (κ2) is 6.88. The van der Waals surface area contributed by atoms with Crippen LogP contribution in [0, 0.1) is 6.92 Å². The van der Waals surface area contributed by atoms with Crippen LogP contribution < -0.4 is 10.6 Å². The Kier molecular flexibility index (Phi) is 4.19. The monoisotopic (exact) mass is 391 g/mol. The molecule has 8 heteroatoms. The first-order chi connectivity index (χ1) is 14.1. The van der Waals surface area contributed by atoms with Crippen LogP contribution in [0.25, 0.3) is 11.1 Å². The molecule has 2 aromatic heterocycles. The third-order valence-corrected chi connectivity index (χ3v) is 5.40. The summed E-state index contributed by atoms with van der Waals surface area (Å²) in [6.07, 6.45) is 5.78. The van der Waals surface area contributed by atoms with E-state index >= 15 is 0 Å². The minimum absolute atomic E-state index is 0.0751. The fraction of sp³-hybridized carbons (Fsp3) is 0.333. The maximum absolute atomic E-state index is 12.7. The van der Waals surface area contributed by atoms with Crippen molar-refractivity contribution in [1.82, 2.24) is 20.2 Å². The van der Waals surface area contributed by atoms with Gasteiger partial charge in [0.15, 0.2) is 11.5 Å². The molecular weight excluding hydrogens is 370 g/mol. The number of fused-ring (bicyclic) bond motifs is 1. The number of rotatable bonds is 4.